The molecule has 0 aliphatic carbocycles. The van der Waals surface area contributed by atoms with E-state index in [1.165, 1.54) is 0 Å². The quantitative estimate of drug-likeness (QED) is 0.663. The fraction of sp³-hybridized carbons (Fsp3) is 0.143. The van der Waals surface area contributed by atoms with Gasteiger partial charge in [-0.25, -0.2) is 0 Å². The Bertz CT molecular complexity index is 711. The molecule has 3 aromatic rings. The van der Waals surface area contributed by atoms with Gasteiger partial charge in [-0.2, -0.15) is 13.2 Å². The maximum Gasteiger partial charge on any atom is 0.416 e. The highest BCUT2D eigenvalue weighted by molar-refractivity contribution is 5.92. The summed E-state index contributed by atoms with van der Waals surface area (Å²) in [5, 5.41) is 3.78. The van der Waals surface area contributed by atoms with Gasteiger partial charge in [-0.1, -0.05) is 0 Å². The van der Waals surface area contributed by atoms with Crippen LogP contribution in [0.2, 0.25) is 0 Å². The maximum absolute atomic E-state index is 12.9. The third-order valence-corrected chi connectivity index (χ3v) is 3.13. The molecule has 0 aliphatic rings. The number of hydrogen-bond donors (Lipinski definition) is 3. The van der Waals surface area contributed by atoms with Crippen molar-refractivity contribution < 1.29 is 13.2 Å². The smallest absolute Gasteiger partial charge is 0.379 e. The molecule has 2 aromatic heterocycles. The van der Waals surface area contributed by atoms with Crippen LogP contribution in [-0.4, -0.2) is 9.97 Å². The molecule has 0 saturated carbocycles. The van der Waals surface area contributed by atoms with Crippen molar-refractivity contribution in [3.63, 3.8) is 0 Å². The SMILES string of the molecule is FC(F)(F)c1cc(NCc2ccc[nH]2)c2cc[nH]c2c1. The Morgan fingerprint density at radius 3 is 2.60 bits per heavy atom. The van der Waals surface area contributed by atoms with Gasteiger partial charge in [0.25, 0.3) is 0 Å². The van der Waals surface area contributed by atoms with Crippen LogP contribution in [-0.2, 0) is 12.7 Å². The highest BCUT2D eigenvalue weighted by Gasteiger charge is 2.31. The van der Waals surface area contributed by atoms with E-state index < -0.39 is 11.7 Å². The van der Waals surface area contributed by atoms with Gasteiger partial charge in [-0.05, 0) is 30.3 Å². The Labute approximate surface area is 112 Å². The Morgan fingerprint density at radius 2 is 1.90 bits per heavy atom. The van der Waals surface area contributed by atoms with E-state index >= 15 is 0 Å². The molecular formula is C14H12F3N3. The van der Waals surface area contributed by atoms with Crippen molar-refractivity contribution >= 4 is 16.6 Å². The second kappa shape index (κ2) is 4.63. The number of benzene rings is 1. The first-order valence-electron chi connectivity index (χ1n) is 6.08. The molecule has 0 aliphatic heterocycles. The number of aromatic nitrogens is 2. The van der Waals surface area contributed by atoms with Crippen molar-refractivity contribution in [3.8, 4) is 0 Å². The van der Waals surface area contributed by atoms with Crippen molar-refractivity contribution in [3.05, 3.63) is 54.0 Å². The normalized spacial score (nSPS) is 11.9. The number of alkyl halides is 3. The Morgan fingerprint density at radius 1 is 1.05 bits per heavy atom. The minimum atomic E-state index is -4.36. The molecule has 0 fully saturated rings. The van der Waals surface area contributed by atoms with Gasteiger partial charge in [0.05, 0.1) is 12.1 Å². The Hall–Kier alpha value is -2.37. The van der Waals surface area contributed by atoms with E-state index in [0.717, 1.165) is 23.2 Å². The van der Waals surface area contributed by atoms with E-state index in [-0.39, 0.29) is 0 Å². The van der Waals surface area contributed by atoms with Crippen LogP contribution in [0.3, 0.4) is 0 Å². The van der Waals surface area contributed by atoms with Crippen LogP contribution in [0.5, 0.6) is 0 Å². The van der Waals surface area contributed by atoms with E-state index in [9.17, 15) is 13.2 Å². The molecule has 2 heterocycles. The summed E-state index contributed by atoms with van der Waals surface area (Å²) in [7, 11) is 0. The molecule has 1 aromatic carbocycles. The van der Waals surface area contributed by atoms with Gasteiger partial charge in [0.2, 0.25) is 0 Å². The van der Waals surface area contributed by atoms with Crippen molar-refractivity contribution in [1.29, 1.82) is 0 Å². The fourth-order valence-corrected chi connectivity index (χ4v) is 2.14. The molecule has 0 spiro atoms. The fourth-order valence-electron chi connectivity index (χ4n) is 2.14. The molecule has 20 heavy (non-hydrogen) atoms. The molecule has 6 heteroatoms. The maximum atomic E-state index is 12.9. The largest absolute Gasteiger partial charge is 0.416 e. The summed E-state index contributed by atoms with van der Waals surface area (Å²) in [5.74, 6) is 0. The average Bonchev–Trinajstić information content (AvgIpc) is 3.05. The average molecular weight is 279 g/mol. The lowest BCUT2D eigenvalue weighted by atomic mass is 10.1. The first-order chi connectivity index (χ1) is 9.54. The molecule has 3 rings (SSSR count). The highest BCUT2D eigenvalue weighted by atomic mass is 19.4. The molecule has 0 atom stereocenters. The first-order valence-corrected chi connectivity index (χ1v) is 6.08. The lowest BCUT2D eigenvalue weighted by Crippen LogP contribution is -2.07. The van der Waals surface area contributed by atoms with E-state index in [1.807, 2.05) is 12.1 Å². The van der Waals surface area contributed by atoms with Crippen LogP contribution < -0.4 is 5.32 Å². The highest BCUT2D eigenvalue weighted by Crippen LogP contribution is 2.35. The van der Waals surface area contributed by atoms with E-state index in [1.54, 1.807) is 18.5 Å². The van der Waals surface area contributed by atoms with Gasteiger partial charge in [0.15, 0.2) is 0 Å². The summed E-state index contributed by atoms with van der Waals surface area (Å²) in [6.07, 6.45) is -0.957. The topological polar surface area (TPSA) is 43.6 Å². The van der Waals surface area contributed by atoms with Gasteiger partial charge >= 0.3 is 6.18 Å². The zero-order valence-electron chi connectivity index (χ0n) is 10.4. The number of rotatable bonds is 3. The summed E-state index contributed by atoms with van der Waals surface area (Å²) in [4.78, 5) is 5.82. The van der Waals surface area contributed by atoms with Gasteiger partial charge in [-0.15, -0.1) is 0 Å². The molecule has 3 N–H and O–H groups in total. The van der Waals surface area contributed by atoms with Gasteiger partial charge < -0.3 is 15.3 Å². The minimum Gasteiger partial charge on any atom is -0.379 e. The summed E-state index contributed by atoms with van der Waals surface area (Å²) >= 11 is 0. The van der Waals surface area contributed by atoms with E-state index in [2.05, 4.69) is 15.3 Å². The number of hydrogen-bond acceptors (Lipinski definition) is 1. The van der Waals surface area contributed by atoms with Crippen molar-refractivity contribution in [2.75, 3.05) is 5.32 Å². The number of fused-ring (bicyclic) bond motifs is 1. The van der Waals surface area contributed by atoms with E-state index in [4.69, 9.17) is 0 Å². The molecule has 0 radical (unpaired) electrons. The predicted molar refractivity (Wildman–Crippen MR) is 71.4 cm³/mol. The molecule has 104 valence electrons. The third kappa shape index (κ3) is 2.36. The van der Waals surface area contributed by atoms with Crippen LogP contribution >= 0.6 is 0 Å². The molecule has 0 unspecified atom stereocenters. The van der Waals surface area contributed by atoms with Crippen LogP contribution in [0, 0.1) is 0 Å². The summed E-state index contributed by atoms with van der Waals surface area (Å²) in [5.41, 5.74) is 1.17. The first kappa shape index (κ1) is 12.7. The van der Waals surface area contributed by atoms with Crippen LogP contribution in [0.1, 0.15) is 11.3 Å². The second-order valence-corrected chi connectivity index (χ2v) is 4.51. The number of anilines is 1. The predicted octanol–water partition coefficient (Wildman–Crippen LogP) is 4.13. The Balaban J connectivity index is 1.97. The lowest BCUT2D eigenvalue weighted by molar-refractivity contribution is -0.137. The zero-order valence-corrected chi connectivity index (χ0v) is 10.4. The minimum absolute atomic E-state index is 0.439. The zero-order chi connectivity index (χ0) is 14.2. The standard InChI is InChI=1S/C14H12F3N3/c15-14(16,17)9-6-12-11(3-5-19-12)13(7-9)20-8-10-2-1-4-18-10/h1-7,18-20H,8H2. The van der Waals surface area contributed by atoms with Crippen LogP contribution in [0.25, 0.3) is 10.9 Å². The number of H-pyrrole nitrogens is 2. The Kier molecular flexibility index (Phi) is 2.93. The number of aromatic amines is 2. The summed E-state index contributed by atoms with van der Waals surface area (Å²) in [6, 6.07) is 7.73. The molecular weight excluding hydrogens is 267 g/mol. The number of nitrogens with one attached hydrogen (secondary N) is 3. The lowest BCUT2D eigenvalue weighted by Gasteiger charge is -2.12. The van der Waals surface area contributed by atoms with Crippen molar-refractivity contribution in [2.24, 2.45) is 0 Å². The molecule has 3 nitrogen and oxygen atoms in total. The molecule has 0 saturated heterocycles. The molecule has 0 amide bonds. The van der Waals surface area contributed by atoms with Crippen LogP contribution in [0.4, 0.5) is 18.9 Å². The van der Waals surface area contributed by atoms with E-state index in [0.29, 0.717) is 17.7 Å². The summed E-state index contributed by atoms with van der Waals surface area (Å²) in [6.45, 7) is 0.439. The second-order valence-electron chi connectivity index (χ2n) is 4.51. The summed E-state index contributed by atoms with van der Waals surface area (Å²) < 4.78 is 38.6. The molecule has 0 bridgehead atoms. The van der Waals surface area contributed by atoms with Crippen molar-refractivity contribution in [1.82, 2.24) is 9.97 Å². The third-order valence-electron chi connectivity index (χ3n) is 3.13. The van der Waals surface area contributed by atoms with Gasteiger partial charge in [0.1, 0.15) is 0 Å². The monoisotopic (exact) mass is 279 g/mol. The van der Waals surface area contributed by atoms with Gasteiger partial charge in [0, 0.05) is 34.7 Å². The number of halogens is 3. The van der Waals surface area contributed by atoms with Crippen molar-refractivity contribution in [2.45, 2.75) is 12.7 Å². The van der Waals surface area contributed by atoms with Gasteiger partial charge in [-0.3, -0.25) is 0 Å². The van der Waals surface area contributed by atoms with Crippen LogP contribution in [0.15, 0.2) is 42.7 Å².